The Morgan fingerprint density at radius 2 is 2.00 bits per heavy atom. The minimum atomic E-state index is 0.794. The molecule has 0 aromatic carbocycles. The molecule has 0 bridgehead atoms. The molecule has 2 rings (SSSR count). The van der Waals surface area contributed by atoms with Gasteiger partial charge in [-0.25, -0.2) is 0 Å². The molecule has 1 fully saturated rings. The van der Waals surface area contributed by atoms with Crippen molar-refractivity contribution < 1.29 is 0 Å². The summed E-state index contributed by atoms with van der Waals surface area (Å²) in [5.74, 6) is 2.73. The van der Waals surface area contributed by atoms with Gasteiger partial charge in [0.25, 0.3) is 0 Å². The van der Waals surface area contributed by atoms with E-state index in [0.717, 1.165) is 23.8 Å². The van der Waals surface area contributed by atoms with Gasteiger partial charge in [0, 0.05) is 6.04 Å². The van der Waals surface area contributed by atoms with Gasteiger partial charge in [0.2, 0.25) is 0 Å². The number of hydrogen-bond donors (Lipinski definition) is 1. The zero-order valence-corrected chi connectivity index (χ0v) is 10.9. The Kier molecular flexibility index (Phi) is 4.45. The fourth-order valence-corrected chi connectivity index (χ4v) is 3.33. The van der Waals surface area contributed by atoms with Crippen molar-refractivity contribution in [2.24, 2.45) is 17.8 Å². The van der Waals surface area contributed by atoms with E-state index in [-0.39, 0.29) is 0 Å². The molecule has 0 heterocycles. The summed E-state index contributed by atoms with van der Waals surface area (Å²) in [6.07, 6.45) is 12.9. The first-order valence-electron chi connectivity index (χ1n) is 7.14. The number of allylic oxidation sites excluding steroid dienone is 2. The van der Waals surface area contributed by atoms with Gasteiger partial charge in [0.15, 0.2) is 0 Å². The van der Waals surface area contributed by atoms with Crippen LogP contribution < -0.4 is 5.32 Å². The lowest BCUT2D eigenvalue weighted by atomic mass is 9.79. The first-order valence-corrected chi connectivity index (χ1v) is 7.14. The van der Waals surface area contributed by atoms with Crippen LogP contribution in [0.25, 0.3) is 0 Å². The van der Waals surface area contributed by atoms with Gasteiger partial charge in [-0.3, -0.25) is 0 Å². The molecule has 0 amide bonds. The van der Waals surface area contributed by atoms with Crippen LogP contribution in [0.5, 0.6) is 0 Å². The summed E-state index contributed by atoms with van der Waals surface area (Å²) >= 11 is 0. The van der Waals surface area contributed by atoms with Crippen LogP contribution in [0.15, 0.2) is 12.2 Å². The molecule has 1 saturated carbocycles. The smallest absolute Gasteiger partial charge is 0.00930 e. The second-order valence-corrected chi connectivity index (χ2v) is 6.06. The van der Waals surface area contributed by atoms with Crippen molar-refractivity contribution in [3.63, 3.8) is 0 Å². The lowest BCUT2D eigenvalue weighted by Gasteiger charge is -2.34. The van der Waals surface area contributed by atoms with Crippen molar-refractivity contribution in [2.75, 3.05) is 6.54 Å². The van der Waals surface area contributed by atoms with Gasteiger partial charge < -0.3 is 5.32 Å². The zero-order valence-electron chi connectivity index (χ0n) is 10.9. The predicted octanol–water partition coefficient (Wildman–Crippen LogP) is 3.76. The van der Waals surface area contributed by atoms with E-state index in [1.165, 1.54) is 45.1 Å². The maximum Gasteiger partial charge on any atom is 0.00930 e. The lowest BCUT2D eigenvalue weighted by Crippen LogP contribution is -2.41. The Balaban J connectivity index is 1.70. The fourth-order valence-electron chi connectivity index (χ4n) is 3.33. The van der Waals surface area contributed by atoms with Gasteiger partial charge in [-0.05, 0) is 62.8 Å². The summed E-state index contributed by atoms with van der Waals surface area (Å²) in [7, 11) is 0. The molecule has 0 saturated heterocycles. The Morgan fingerprint density at radius 1 is 1.12 bits per heavy atom. The van der Waals surface area contributed by atoms with Gasteiger partial charge >= 0.3 is 0 Å². The highest BCUT2D eigenvalue weighted by atomic mass is 14.9. The summed E-state index contributed by atoms with van der Waals surface area (Å²) < 4.78 is 0. The highest BCUT2D eigenvalue weighted by molar-refractivity contribution is 4.91. The van der Waals surface area contributed by atoms with Crippen molar-refractivity contribution in [1.82, 2.24) is 5.32 Å². The zero-order chi connectivity index (χ0) is 11.4. The molecule has 4 unspecified atom stereocenters. The van der Waals surface area contributed by atoms with E-state index < -0.39 is 0 Å². The van der Waals surface area contributed by atoms with E-state index in [9.17, 15) is 0 Å². The first-order chi connectivity index (χ1) is 7.75. The van der Waals surface area contributed by atoms with E-state index in [2.05, 4.69) is 31.3 Å². The quantitative estimate of drug-likeness (QED) is 0.716. The average Bonchev–Trinajstić information content (AvgIpc) is 2.29. The minimum Gasteiger partial charge on any atom is -0.313 e. The molecule has 2 aliphatic carbocycles. The van der Waals surface area contributed by atoms with Crippen LogP contribution >= 0.6 is 0 Å². The summed E-state index contributed by atoms with van der Waals surface area (Å²) in [6, 6.07) is 0.794. The molecule has 0 aromatic rings. The Hall–Kier alpha value is -0.300. The van der Waals surface area contributed by atoms with Crippen LogP contribution in [-0.2, 0) is 0 Å². The Labute approximate surface area is 101 Å². The molecule has 1 heteroatoms. The summed E-state index contributed by atoms with van der Waals surface area (Å²) in [4.78, 5) is 0. The van der Waals surface area contributed by atoms with Crippen molar-refractivity contribution >= 4 is 0 Å². The van der Waals surface area contributed by atoms with Gasteiger partial charge in [-0.1, -0.05) is 26.0 Å². The fraction of sp³-hybridized carbons (Fsp3) is 0.867. The van der Waals surface area contributed by atoms with E-state index >= 15 is 0 Å². The van der Waals surface area contributed by atoms with Gasteiger partial charge in [0.1, 0.15) is 0 Å². The first kappa shape index (κ1) is 12.2. The third kappa shape index (κ3) is 3.35. The maximum atomic E-state index is 3.83. The van der Waals surface area contributed by atoms with Crippen molar-refractivity contribution in [3.05, 3.63) is 12.2 Å². The Morgan fingerprint density at radius 3 is 2.69 bits per heavy atom. The van der Waals surface area contributed by atoms with Crippen molar-refractivity contribution in [3.8, 4) is 0 Å². The van der Waals surface area contributed by atoms with Gasteiger partial charge in [-0.2, -0.15) is 0 Å². The number of hydrogen-bond acceptors (Lipinski definition) is 1. The molecule has 0 spiro atoms. The predicted molar refractivity (Wildman–Crippen MR) is 70.5 cm³/mol. The van der Waals surface area contributed by atoms with Crippen molar-refractivity contribution in [1.29, 1.82) is 0 Å². The molecule has 16 heavy (non-hydrogen) atoms. The second-order valence-electron chi connectivity index (χ2n) is 6.06. The van der Waals surface area contributed by atoms with Crippen LogP contribution in [0.1, 0.15) is 52.4 Å². The van der Waals surface area contributed by atoms with Crippen LogP contribution in [0.3, 0.4) is 0 Å². The molecule has 4 atom stereocenters. The number of rotatable bonds is 3. The molecular weight excluding hydrogens is 194 g/mol. The molecular formula is C15H27N. The van der Waals surface area contributed by atoms with Gasteiger partial charge in [-0.15, -0.1) is 0 Å². The molecule has 0 aromatic heterocycles. The topological polar surface area (TPSA) is 12.0 Å². The molecule has 1 nitrogen and oxygen atoms in total. The third-order valence-electron chi connectivity index (χ3n) is 4.48. The lowest BCUT2D eigenvalue weighted by molar-refractivity contribution is 0.219. The largest absolute Gasteiger partial charge is 0.313 e. The van der Waals surface area contributed by atoms with Crippen LogP contribution in [0.2, 0.25) is 0 Å². The molecule has 92 valence electrons. The van der Waals surface area contributed by atoms with E-state index in [1.54, 1.807) is 0 Å². The Bertz CT molecular complexity index is 234. The maximum absolute atomic E-state index is 3.83. The summed E-state index contributed by atoms with van der Waals surface area (Å²) in [5.41, 5.74) is 0. The standard InChI is InChI=1S/C15H27N/c1-12-8-9-15(13(2)10-12)16-11-14-6-4-3-5-7-14/h3-4,12-16H,5-11H2,1-2H3. The van der Waals surface area contributed by atoms with Crippen LogP contribution in [0, 0.1) is 17.8 Å². The second kappa shape index (κ2) is 5.86. The van der Waals surface area contributed by atoms with E-state index in [1.807, 2.05) is 0 Å². The molecule has 1 N–H and O–H groups in total. The SMILES string of the molecule is CC1CCC(NCC2CC=CCC2)C(C)C1. The number of nitrogens with one attached hydrogen (secondary N) is 1. The molecule has 0 radical (unpaired) electrons. The molecule has 2 aliphatic rings. The van der Waals surface area contributed by atoms with E-state index in [0.29, 0.717) is 0 Å². The van der Waals surface area contributed by atoms with Crippen LogP contribution in [-0.4, -0.2) is 12.6 Å². The summed E-state index contributed by atoms with van der Waals surface area (Å²) in [6.45, 7) is 6.07. The highest BCUT2D eigenvalue weighted by Crippen LogP contribution is 2.29. The van der Waals surface area contributed by atoms with E-state index in [4.69, 9.17) is 0 Å². The van der Waals surface area contributed by atoms with Crippen molar-refractivity contribution in [2.45, 2.75) is 58.4 Å². The van der Waals surface area contributed by atoms with Crippen LogP contribution in [0.4, 0.5) is 0 Å². The summed E-state index contributed by atoms with van der Waals surface area (Å²) in [5, 5.41) is 3.83. The minimum absolute atomic E-state index is 0.794. The van der Waals surface area contributed by atoms with Gasteiger partial charge in [0.05, 0.1) is 0 Å². The average molecular weight is 221 g/mol. The highest BCUT2D eigenvalue weighted by Gasteiger charge is 2.25. The monoisotopic (exact) mass is 221 g/mol. The molecule has 0 aliphatic heterocycles. The third-order valence-corrected chi connectivity index (χ3v) is 4.48. The normalized spacial score (nSPS) is 39.9.